The molecule has 0 radical (unpaired) electrons. The standard InChI is InChI=1S/C13H25NO/c1-12(2,3)9-14(10-7-8-10)11(15)13(4,5)6/h10H,7-9H2,1-6H3. The molecule has 0 aromatic rings. The van der Waals surface area contributed by atoms with Crippen molar-refractivity contribution in [3.8, 4) is 0 Å². The average Bonchev–Trinajstić information content (AvgIpc) is 2.77. The molecule has 0 aromatic heterocycles. The van der Waals surface area contributed by atoms with Crippen molar-refractivity contribution >= 4 is 5.91 Å². The largest absolute Gasteiger partial charge is 0.339 e. The number of carbonyl (C=O) groups excluding carboxylic acids is 1. The molecule has 15 heavy (non-hydrogen) atoms. The molecule has 0 aromatic carbocycles. The average molecular weight is 211 g/mol. The highest BCUT2D eigenvalue weighted by Crippen LogP contribution is 2.33. The minimum Gasteiger partial charge on any atom is -0.339 e. The summed E-state index contributed by atoms with van der Waals surface area (Å²) in [4.78, 5) is 14.3. The summed E-state index contributed by atoms with van der Waals surface area (Å²) in [5.74, 6) is 0.305. The molecular weight excluding hydrogens is 186 g/mol. The fraction of sp³-hybridized carbons (Fsp3) is 0.923. The SMILES string of the molecule is CC(C)(C)CN(C(=O)C(C)(C)C)C1CC1. The van der Waals surface area contributed by atoms with Crippen molar-refractivity contribution in [2.45, 2.75) is 60.4 Å². The summed E-state index contributed by atoms with van der Waals surface area (Å²) in [6, 6.07) is 0.524. The maximum Gasteiger partial charge on any atom is 0.228 e. The predicted molar refractivity (Wildman–Crippen MR) is 63.6 cm³/mol. The van der Waals surface area contributed by atoms with E-state index in [1.54, 1.807) is 0 Å². The van der Waals surface area contributed by atoms with Crippen LogP contribution in [0.1, 0.15) is 54.4 Å². The maximum atomic E-state index is 12.2. The molecule has 1 saturated carbocycles. The number of carbonyl (C=O) groups is 1. The first-order chi connectivity index (χ1) is 6.61. The second-order valence-corrected chi connectivity index (χ2v) is 6.97. The Labute approximate surface area is 94.0 Å². The summed E-state index contributed by atoms with van der Waals surface area (Å²) >= 11 is 0. The smallest absolute Gasteiger partial charge is 0.228 e. The second kappa shape index (κ2) is 3.80. The molecule has 0 N–H and O–H groups in total. The van der Waals surface area contributed by atoms with Crippen LogP contribution in [-0.4, -0.2) is 23.4 Å². The van der Waals surface area contributed by atoms with Gasteiger partial charge in [0, 0.05) is 18.0 Å². The van der Waals surface area contributed by atoms with E-state index in [0.29, 0.717) is 11.9 Å². The summed E-state index contributed by atoms with van der Waals surface area (Å²) in [5.41, 5.74) is -0.0443. The molecule has 2 nitrogen and oxygen atoms in total. The van der Waals surface area contributed by atoms with Crippen LogP contribution >= 0.6 is 0 Å². The van der Waals surface area contributed by atoms with Gasteiger partial charge in [0.15, 0.2) is 0 Å². The molecule has 0 spiro atoms. The highest BCUT2D eigenvalue weighted by Gasteiger charge is 2.38. The number of nitrogens with zero attached hydrogens (tertiary/aromatic N) is 1. The molecule has 1 aliphatic carbocycles. The molecule has 1 fully saturated rings. The van der Waals surface area contributed by atoms with Gasteiger partial charge in [0.1, 0.15) is 0 Å². The maximum absolute atomic E-state index is 12.2. The summed E-state index contributed by atoms with van der Waals surface area (Å²) in [7, 11) is 0. The van der Waals surface area contributed by atoms with Gasteiger partial charge in [-0.05, 0) is 18.3 Å². The lowest BCUT2D eigenvalue weighted by Crippen LogP contribution is -2.44. The van der Waals surface area contributed by atoms with Crippen LogP contribution < -0.4 is 0 Å². The summed E-state index contributed by atoms with van der Waals surface area (Å²) < 4.78 is 0. The van der Waals surface area contributed by atoms with Crippen molar-refractivity contribution in [2.24, 2.45) is 10.8 Å². The van der Waals surface area contributed by atoms with Crippen LogP contribution in [0.15, 0.2) is 0 Å². The zero-order valence-corrected chi connectivity index (χ0v) is 11.1. The molecule has 1 rings (SSSR count). The number of hydrogen-bond acceptors (Lipinski definition) is 1. The van der Waals surface area contributed by atoms with Gasteiger partial charge in [-0.1, -0.05) is 41.5 Å². The predicted octanol–water partition coefficient (Wildman–Crippen LogP) is 3.07. The molecule has 1 amide bonds. The number of hydrogen-bond donors (Lipinski definition) is 0. The van der Waals surface area contributed by atoms with E-state index >= 15 is 0 Å². The first-order valence-corrected chi connectivity index (χ1v) is 5.92. The van der Waals surface area contributed by atoms with Crippen molar-refractivity contribution in [3.05, 3.63) is 0 Å². The van der Waals surface area contributed by atoms with Crippen LogP contribution in [0.4, 0.5) is 0 Å². The minimum atomic E-state index is -0.242. The molecule has 2 heteroatoms. The van der Waals surface area contributed by atoms with Gasteiger partial charge in [0.25, 0.3) is 0 Å². The lowest BCUT2D eigenvalue weighted by atomic mass is 9.91. The molecule has 1 aliphatic rings. The number of amides is 1. The highest BCUT2D eigenvalue weighted by atomic mass is 16.2. The normalized spacial score (nSPS) is 17.7. The first kappa shape index (κ1) is 12.5. The number of rotatable bonds is 2. The Balaban J connectivity index is 2.71. The summed E-state index contributed by atoms with van der Waals surface area (Å²) in [5, 5.41) is 0. The second-order valence-electron chi connectivity index (χ2n) is 6.97. The Morgan fingerprint density at radius 3 is 1.87 bits per heavy atom. The van der Waals surface area contributed by atoms with Gasteiger partial charge in [0.2, 0.25) is 5.91 Å². The molecule has 0 bridgehead atoms. The van der Waals surface area contributed by atoms with Gasteiger partial charge in [-0.3, -0.25) is 4.79 Å². The van der Waals surface area contributed by atoms with Gasteiger partial charge in [-0.25, -0.2) is 0 Å². The third kappa shape index (κ3) is 3.84. The van der Waals surface area contributed by atoms with Crippen LogP contribution in [0.25, 0.3) is 0 Å². The minimum absolute atomic E-state index is 0.198. The van der Waals surface area contributed by atoms with Crippen LogP contribution in [0.5, 0.6) is 0 Å². The molecule has 0 aliphatic heterocycles. The third-order valence-electron chi connectivity index (χ3n) is 2.53. The monoisotopic (exact) mass is 211 g/mol. The quantitative estimate of drug-likeness (QED) is 0.687. The van der Waals surface area contributed by atoms with Gasteiger partial charge >= 0.3 is 0 Å². The van der Waals surface area contributed by atoms with E-state index < -0.39 is 0 Å². The van der Waals surface area contributed by atoms with E-state index in [1.165, 1.54) is 12.8 Å². The van der Waals surface area contributed by atoms with E-state index in [1.807, 2.05) is 20.8 Å². The van der Waals surface area contributed by atoms with Crippen LogP contribution in [-0.2, 0) is 4.79 Å². The summed E-state index contributed by atoms with van der Waals surface area (Å²) in [6.45, 7) is 13.5. The zero-order chi connectivity index (χ0) is 11.9. The van der Waals surface area contributed by atoms with E-state index in [9.17, 15) is 4.79 Å². The topological polar surface area (TPSA) is 20.3 Å². The van der Waals surface area contributed by atoms with Crippen molar-refractivity contribution in [3.63, 3.8) is 0 Å². The first-order valence-electron chi connectivity index (χ1n) is 5.92. The Morgan fingerprint density at radius 2 is 1.60 bits per heavy atom. The Bertz CT molecular complexity index is 240. The van der Waals surface area contributed by atoms with Crippen molar-refractivity contribution < 1.29 is 4.79 Å². The van der Waals surface area contributed by atoms with E-state index in [4.69, 9.17) is 0 Å². The molecule has 88 valence electrons. The van der Waals surface area contributed by atoms with Gasteiger partial charge in [0.05, 0.1) is 0 Å². The van der Waals surface area contributed by atoms with Crippen molar-refractivity contribution in [2.75, 3.05) is 6.54 Å². The zero-order valence-electron chi connectivity index (χ0n) is 11.1. The fourth-order valence-electron chi connectivity index (χ4n) is 1.69. The van der Waals surface area contributed by atoms with Crippen LogP contribution in [0.2, 0.25) is 0 Å². The molecule has 0 unspecified atom stereocenters. The van der Waals surface area contributed by atoms with Crippen molar-refractivity contribution in [1.82, 2.24) is 4.90 Å². The Morgan fingerprint density at radius 1 is 1.13 bits per heavy atom. The highest BCUT2D eigenvalue weighted by molar-refractivity contribution is 5.82. The molecule has 0 saturated heterocycles. The summed E-state index contributed by atoms with van der Waals surface area (Å²) in [6.07, 6.45) is 2.38. The fourth-order valence-corrected chi connectivity index (χ4v) is 1.69. The van der Waals surface area contributed by atoms with Gasteiger partial charge in [-0.15, -0.1) is 0 Å². The van der Waals surface area contributed by atoms with E-state index in [-0.39, 0.29) is 10.8 Å². The Kier molecular flexibility index (Phi) is 3.18. The molecule has 0 heterocycles. The van der Waals surface area contributed by atoms with Gasteiger partial charge in [-0.2, -0.15) is 0 Å². The van der Waals surface area contributed by atoms with Crippen LogP contribution in [0.3, 0.4) is 0 Å². The molecular formula is C13H25NO. The molecule has 0 atom stereocenters. The van der Waals surface area contributed by atoms with E-state index in [0.717, 1.165) is 6.54 Å². The van der Waals surface area contributed by atoms with Gasteiger partial charge < -0.3 is 4.90 Å². The lowest BCUT2D eigenvalue weighted by Gasteiger charge is -2.34. The van der Waals surface area contributed by atoms with Crippen molar-refractivity contribution in [1.29, 1.82) is 0 Å². The third-order valence-corrected chi connectivity index (χ3v) is 2.53. The Hall–Kier alpha value is -0.530. The van der Waals surface area contributed by atoms with E-state index in [2.05, 4.69) is 25.7 Å². The van der Waals surface area contributed by atoms with Crippen LogP contribution in [0, 0.1) is 10.8 Å². The lowest BCUT2D eigenvalue weighted by molar-refractivity contribution is -0.141.